The molecule has 28 heavy (non-hydrogen) atoms. The van der Waals surface area contributed by atoms with Gasteiger partial charge in [0.1, 0.15) is 5.69 Å². The molecule has 0 aliphatic heterocycles. The Morgan fingerprint density at radius 1 is 1.25 bits per heavy atom. The summed E-state index contributed by atoms with van der Waals surface area (Å²) in [4.78, 5) is 29.2. The smallest absolute Gasteiger partial charge is 0.286 e. The molecule has 1 aromatic rings. The molecule has 0 spiro atoms. The Morgan fingerprint density at radius 3 is 2.50 bits per heavy atom. The first kappa shape index (κ1) is 23.4. The van der Waals surface area contributed by atoms with E-state index in [1.54, 1.807) is 0 Å². The van der Waals surface area contributed by atoms with Gasteiger partial charge in [-0.25, -0.2) is 15.0 Å². The van der Waals surface area contributed by atoms with Crippen LogP contribution in [0.3, 0.4) is 0 Å². The van der Waals surface area contributed by atoms with E-state index in [0.717, 1.165) is 6.20 Å². The van der Waals surface area contributed by atoms with Crippen LogP contribution in [0.25, 0.3) is 0 Å². The van der Waals surface area contributed by atoms with E-state index >= 15 is 0 Å². The lowest BCUT2D eigenvalue weighted by molar-refractivity contribution is -0.154. The highest BCUT2D eigenvalue weighted by atomic mass is 19.4. The Kier molecular flexibility index (Phi) is 8.40. The quantitative estimate of drug-likeness (QED) is 0.178. The summed E-state index contributed by atoms with van der Waals surface area (Å²) in [5.74, 6) is -2.58. The van der Waals surface area contributed by atoms with Crippen molar-refractivity contribution in [1.82, 2.24) is 20.5 Å². The molecule has 0 saturated heterocycles. The third-order valence-electron chi connectivity index (χ3n) is 3.41. The number of nitrogens with one attached hydrogen (secondary N) is 2. The van der Waals surface area contributed by atoms with Crippen LogP contribution in [0.5, 0.6) is 0 Å². The Hall–Kier alpha value is -2.64. The predicted octanol–water partition coefficient (Wildman–Crippen LogP) is 2.53. The number of unbranched alkanes of at least 4 members (excludes halogenated alkanes) is 1. The lowest BCUT2D eigenvalue weighted by Gasteiger charge is -2.20. The van der Waals surface area contributed by atoms with Crippen molar-refractivity contribution in [2.45, 2.75) is 38.0 Å². The summed E-state index contributed by atoms with van der Waals surface area (Å²) in [7, 11) is 0. The molecular weight excluding hydrogens is 400 g/mol. The number of carbonyl (C=O) groups is 2. The van der Waals surface area contributed by atoms with Gasteiger partial charge in [0.15, 0.2) is 0 Å². The molecule has 0 aliphatic rings. The van der Waals surface area contributed by atoms with Crippen LogP contribution in [0, 0.1) is 5.92 Å². The number of carbonyl (C=O) groups excluding carboxylic acids is 2. The van der Waals surface area contributed by atoms with Crippen molar-refractivity contribution in [2.24, 2.45) is 5.92 Å². The van der Waals surface area contributed by atoms with Gasteiger partial charge in [0.2, 0.25) is 18.3 Å². The minimum absolute atomic E-state index is 0.000657. The zero-order valence-electron chi connectivity index (χ0n) is 14.2. The van der Waals surface area contributed by atoms with Gasteiger partial charge >= 0.3 is 12.4 Å². The highest BCUT2D eigenvalue weighted by molar-refractivity contribution is 5.80. The molecule has 0 unspecified atom stereocenters. The number of aromatic nitrogens is 2. The maximum atomic E-state index is 12.6. The van der Waals surface area contributed by atoms with Crippen molar-refractivity contribution < 1.29 is 41.1 Å². The van der Waals surface area contributed by atoms with Crippen LogP contribution in [0.15, 0.2) is 12.3 Å². The van der Waals surface area contributed by atoms with E-state index in [1.807, 2.05) is 5.43 Å². The van der Waals surface area contributed by atoms with Crippen molar-refractivity contribution in [3.05, 3.63) is 18.0 Å². The monoisotopic (exact) mass is 417 g/mol. The summed E-state index contributed by atoms with van der Waals surface area (Å²) < 4.78 is 74.2. The van der Waals surface area contributed by atoms with Gasteiger partial charge in [-0.3, -0.25) is 25.6 Å². The van der Waals surface area contributed by atoms with Gasteiger partial charge in [-0.2, -0.15) is 26.3 Å². The predicted molar refractivity (Wildman–Crippen MR) is 81.4 cm³/mol. The Bertz CT molecular complexity index is 655. The van der Waals surface area contributed by atoms with E-state index in [0.29, 0.717) is 6.07 Å². The van der Waals surface area contributed by atoms with Gasteiger partial charge in [-0.15, -0.1) is 0 Å². The molecule has 0 saturated carbocycles. The number of hydrazine groups is 1. The molecule has 2 amide bonds. The molecule has 1 heterocycles. The maximum absolute atomic E-state index is 12.6. The minimum atomic E-state index is -4.73. The molecule has 0 fully saturated rings. The molecule has 3 N–H and O–H groups in total. The summed E-state index contributed by atoms with van der Waals surface area (Å²) in [6.07, 6.45) is -9.77. The van der Waals surface area contributed by atoms with Gasteiger partial charge in [-0.05, 0) is 18.9 Å². The number of hydroxylamine groups is 2. The zero-order valence-corrected chi connectivity index (χ0v) is 14.2. The maximum Gasteiger partial charge on any atom is 0.433 e. The summed E-state index contributed by atoms with van der Waals surface area (Å²) in [5.41, 5.74) is 2.80. The number of nitrogens with zero attached hydrogens (tertiary/aromatic N) is 3. The molecule has 0 radical (unpaired) electrons. The van der Waals surface area contributed by atoms with Crippen molar-refractivity contribution in [1.29, 1.82) is 0 Å². The van der Waals surface area contributed by atoms with Crippen molar-refractivity contribution in [3.63, 3.8) is 0 Å². The topological polar surface area (TPSA) is 107 Å². The van der Waals surface area contributed by atoms with Crippen molar-refractivity contribution in [2.75, 3.05) is 12.0 Å². The zero-order chi connectivity index (χ0) is 21.4. The highest BCUT2D eigenvalue weighted by Crippen LogP contribution is 2.27. The van der Waals surface area contributed by atoms with Gasteiger partial charge < -0.3 is 0 Å². The van der Waals surface area contributed by atoms with E-state index in [1.165, 1.54) is 0 Å². The van der Waals surface area contributed by atoms with Crippen LogP contribution >= 0.6 is 0 Å². The van der Waals surface area contributed by atoms with Gasteiger partial charge in [0.25, 0.3) is 0 Å². The average Bonchev–Trinajstić information content (AvgIpc) is 2.60. The van der Waals surface area contributed by atoms with Crippen LogP contribution in [0.1, 0.15) is 31.4 Å². The second-order valence-corrected chi connectivity index (χ2v) is 5.66. The second-order valence-electron chi connectivity index (χ2n) is 5.66. The molecule has 0 aliphatic carbocycles. The first-order chi connectivity index (χ1) is 12.9. The number of alkyl halides is 6. The first-order valence-corrected chi connectivity index (χ1v) is 7.86. The SMILES string of the molecule is O=CN(O)C[C@@H](CCCCC(F)(F)F)C(=O)NNc1nccc(C(F)(F)F)n1. The fourth-order valence-corrected chi connectivity index (χ4v) is 2.09. The van der Waals surface area contributed by atoms with E-state index in [4.69, 9.17) is 0 Å². The molecule has 1 aromatic heterocycles. The van der Waals surface area contributed by atoms with Gasteiger partial charge in [0.05, 0.1) is 12.5 Å². The van der Waals surface area contributed by atoms with Crippen LogP contribution in [0.2, 0.25) is 0 Å². The van der Waals surface area contributed by atoms with E-state index < -0.39 is 48.8 Å². The Balaban J connectivity index is 2.66. The summed E-state index contributed by atoms with van der Waals surface area (Å²) in [6, 6.07) is 0.615. The normalized spacial score (nSPS) is 13.0. The molecule has 0 bridgehead atoms. The molecule has 158 valence electrons. The first-order valence-electron chi connectivity index (χ1n) is 7.86. The molecule has 14 heteroatoms. The van der Waals surface area contributed by atoms with Crippen molar-refractivity contribution >= 4 is 18.3 Å². The van der Waals surface area contributed by atoms with E-state index in [9.17, 15) is 41.1 Å². The van der Waals surface area contributed by atoms with E-state index in [2.05, 4.69) is 15.4 Å². The number of anilines is 1. The summed E-state index contributed by atoms with van der Waals surface area (Å²) >= 11 is 0. The molecule has 1 atom stereocenters. The standard InChI is InChI=1S/C14H17F6N5O3/c15-13(16,17)5-2-1-3-9(7-25(28)8-26)11(27)23-24-12-21-6-4-10(22-12)14(18,19)20/h4,6,8-9,28H,1-3,5,7H2,(H,23,27)(H,21,22,24)/t9-/m1/s1. The van der Waals surface area contributed by atoms with Crippen molar-refractivity contribution in [3.8, 4) is 0 Å². The molecular formula is C14H17F6N5O3. The number of rotatable bonds is 10. The molecule has 8 nitrogen and oxygen atoms in total. The molecule has 0 aromatic carbocycles. The van der Waals surface area contributed by atoms with Gasteiger partial charge in [-0.1, -0.05) is 6.42 Å². The summed E-state index contributed by atoms with van der Waals surface area (Å²) in [5, 5.41) is 9.34. The fourth-order valence-electron chi connectivity index (χ4n) is 2.09. The van der Waals surface area contributed by atoms with Crippen LogP contribution in [0.4, 0.5) is 32.3 Å². The Labute approximate surface area is 154 Å². The van der Waals surface area contributed by atoms with Crippen LogP contribution in [-0.2, 0) is 15.8 Å². The fraction of sp³-hybridized carbons (Fsp3) is 0.571. The Morgan fingerprint density at radius 2 is 1.93 bits per heavy atom. The van der Waals surface area contributed by atoms with Crippen LogP contribution in [-0.4, -0.2) is 45.3 Å². The lowest BCUT2D eigenvalue weighted by atomic mass is 10.00. The minimum Gasteiger partial charge on any atom is -0.286 e. The third-order valence-corrected chi connectivity index (χ3v) is 3.41. The number of hydrogen-bond acceptors (Lipinski definition) is 6. The second kappa shape index (κ2) is 10.1. The largest absolute Gasteiger partial charge is 0.433 e. The van der Waals surface area contributed by atoms with Crippen LogP contribution < -0.4 is 10.9 Å². The average molecular weight is 417 g/mol. The highest BCUT2D eigenvalue weighted by Gasteiger charge is 2.33. The number of halogens is 6. The van der Waals surface area contributed by atoms with E-state index in [-0.39, 0.29) is 30.7 Å². The van der Waals surface area contributed by atoms with Gasteiger partial charge in [0, 0.05) is 12.6 Å². The lowest BCUT2D eigenvalue weighted by Crippen LogP contribution is -2.40. The number of hydrogen-bond donors (Lipinski definition) is 3. The molecule has 1 rings (SSSR count). The third kappa shape index (κ3) is 8.83. The summed E-state index contributed by atoms with van der Waals surface area (Å²) in [6.45, 7) is -0.521. The number of amides is 2.